The number of ether oxygens (including phenoxy) is 1. The summed E-state index contributed by atoms with van der Waals surface area (Å²) < 4.78 is 11.8. The van der Waals surface area contributed by atoms with E-state index >= 15 is 0 Å². The van der Waals surface area contributed by atoms with Crippen LogP contribution in [0, 0.1) is 6.92 Å². The fourth-order valence-corrected chi connectivity index (χ4v) is 5.13. The van der Waals surface area contributed by atoms with Gasteiger partial charge in [0.1, 0.15) is 17.1 Å². The number of fused-ring (bicyclic) bond motifs is 3. The molecule has 0 saturated carbocycles. The maximum absolute atomic E-state index is 13.1. The first-order valence-corrected chi connectivity index (χ1v) is 11.9. The van der Waals surface area contributed by atoms with Crippen molar-refractivity contribution in [1.82, 2.24) is 4.90 Å². The summed E-state index contributed by atoms with van der Waals surface area (Å²) in [7, 11) is 1.67. The topological polar surface area (TPSA) is 45.9 Å². The molecule has 1 amide bonds. The molecule has 3 aromatic rings. The lowest BCUT2D eigenvalue weighted by atomic mass is 9.94. The first kappa shape index (κ1) is 21.6. The van der Waals surface area contributed by atoms with Gasteiger partial charge in [0, 0.05) is 66.9 Å². The molecule has 5 heteroatoms. The number of hydrogen-bond acceptors (Lipinski definition) is 4. The SMILES string of the molecule is COc1cc2oc3c(c2cc1/C(C)=C/C(=O)N1CCN(c2cccc(C)c2)CC1)CCCC3. The number of hydrogen-bond donors (Lipinski definition) is 0. The van der Waals surface area contributed by atoms with Crippen molar-refractivity contribution in [2.24, 2.45) is 0 Å². The molecule has 172 valence electrons. The first-order valence-electron chi connectivity index (χ1n) is 11.9. The Balaban J connectivity index is 1.34. The van der Waals surface area contributed by atoms with Gasteiger partial charge in [0.05, 0.1) is 7.11 Å². The van der Waals surface area contributed by atoms with Crippen molar-refractivity contribution in [3.05, 3.63) is 64.9 Å². The predicted octanol–water partition coefficient (Wildman–Crippen LogP) is 5.38. The zero-order chi connectivity index (χ0) is 22.9. The number of piperazine rings is 1. The van der Waals surface area contributed by atoms with E-state index in [1.807, 2.05) is 17.9 Å². The van der Waals surface area contributed by atoms with E-state index in [0.717, 1.165) is 72.6 Å². The molecule has 2 heterocycles. The molecule has 0 atom stereocenters. The third kappa shape index (κ3) is 4.24. The highest BCUT2D eigenvalue weighted by molar-refractivity contribution is 5.97. The lowest BCUT2D eigenvalue weighted by Crippen LogP contribution is -2.48. The summed E-state index contributed by atoms with van der Waals surface area (Å²) in [5, 5.41) is 1.16. The average molecular weight is 445 g/mol. The molecule has 5 nitrogen and oxygen atoms in total. The average Bonchev–Trinajstić information content (AvgIpc) is 3.20. The van der Waals surface area contributed by atoms with Crippen molar-refractivity contribution in [2.75, 3.05) is 38.2 Å². The Hall–Kier alpha value is -3.21. The highest BCUT2D eigenvalue weighted by Gasteiger charge is 2.23. The van der Waals surface area contributed by atoms with E-state index in [1.54, 1.807) is 13.2 Å². The monoisotopic (exact) mass is 444 g/mol. The number of rotatable bonds is 4. The number of benzene rings is 2. The molecule has 0 bridgehead atoms. The molecule has 33 heavy (non-hydrogen) atoms. The van der Waals surface area contributed by atoms with Gasteiger partial charge in [-0.3, -0.25) is 4.79 Å². The van der Waals surface area contributed by atoms with Gasteiger partial charge in [0.2, 0.25) is 5.91 Å². The van der Waals surface area contributed by atoms with Gasteiger partial charge in [0.15, 0.2) is 0 Å². The number of anilines is 1. The van der Waals surface area contributed by atoms with Crippen LogP contribution in [0.2, 0.25) is 0 Å². The number of allylic oxidation sites excluding steroid dienone is 1. The molecule has 2 aromatic carbocycles. The quantitative estimate of drug-likeness (QED) is 0.507. The molecular formula is C28H32N2O3. The minimum atomic E-state index is 0.0627. The molecule has 1 aliphatic carbocycles. The van der Waals surface area contributed by atoms with E-state index in [4.69, 9.17) is 9.15 Å². The number of aryl methyl sites for hydroxylation is 3. The molecule has 0 radical (unpaired) electrons. The van der Waals surface area contributed by atoms with Gasteiger partial charge >= 0.3 is 0 Å². The number of amides is 1. The fourth-order valence-electron chi connectivity index (χ4n) is 5.13. The maximum Gasteiger partial charge on any atom is 0.246 e. The summed E-state index contributed by atoms with van der Waals surface area (Å²) >= 11 is 0. The van der Waals surface area contributed by atoms with Crippen LogP contribution < -0.4 is 9.64 Å². The molecule has 0 spiro atoms. The largest absolute Gasteiger partial charge is 0.496 e. The normalized spacial score (nSPS) is 16.8. The maximum atomic E-state index is 13.1. The first-order chi connectivity index (χ1) is 16.0. The second-order valence-corrected chi connectivity index (χ2v) is 9.24. The van der Waals surface area contributed by atoms with Crippen LogP contribution in [0.25, 0.3) is 16.5 Å². The standard InChI is InChI=1S/C28H32N2O3/c1-19-7-6-8-21(15-19)29-11-13-30(14-12-29)28(31)16-20(2)23-17-24-22-9-4-5-10-25(22)33-27(24)18-26(23)32-3/h6-8,15-18H,4-5,9-14H2,1-3H3/b20-16+. The van der Waals surface area contributed by atoms with Gasteiger partial charge < -0.3 is 19.0 Å². The zero-order valence-corrected chi connectivity index (χ0v) is 19.8. The second-order valence-electron chi connectivity index (χ2n) is 9.24. The van der Waals surface area contributed by atoms with Crippen molar-refractivity contribution < 1.29 is 13.9 Å². The molecule has 1 aromatic heterocycles. The molecule has 2 aliphatic rings. The minimum Gasteiger partial charge on any atom is -0.496 e. The van der Waals surface area contributed by atoms with Crippen molar-refractivity contribution in [3.63, 3.8) is 0 Å². The highest BCUT2D eigenvalue weighted by Crippen LogP contribution is 2.38. The smallest absolute Gasteiger partial charge is 0.246 e. The number of carbonyl (C=O) groups excluding carboxylic acids is 1. The molecule has 5 rings (SSSR count). The Bertz CT molecular complexity index is 1220. The minimum absolute atomic E-state index is 0.0627. The second kappa shape index (κ2) is 8.97. The van der Waals surface area contributed by atoms with Crippen molar-refractivity contribution in [3.8, 4) is 5.75 Å². The molecule has 0 unspecified atom stereocenters. The van der Waals surface area contributed by atoms with Crippen LogP contribution in [0.4, 0.5) is 5.69 Å². The molecule has 1 fully saturated rings. The summed E-state index contributed by atoms with van der Waals surface area (Å²) in [5.41, 5.74) is 6.58. The van der Waals surface area contributed by atoms with Gasteiger partial charge in [-0.15, -0.1) is 0 Å². The van der Waals surface area contributed by atoms with Gasteiger partial charge in [-0.1, -0.05) is 12.1 Å². The van der Waals surface area contributed by atoms with Crippen LogP contribution in [0.1, 0.15) is 42.2 Å². The Morgan fingerprint density at radius 1 is 1.06 bits per heavy atom. The van der Waals surface area contributed by atoms with Crippen LogP contribution in [0.3, 0.4) is 0 Å². The Kier molecular flexibility index (Phi) is 5.88. The summed E-state index contributed by atoms with van der Waals surface area (Å²) in [4.78, 5) is 17.4. The number of nitrogens with zero attached hydrogens (tertiary/aromatic N) is 2. The van der Waals surface area contributed by atoms with Crippen LogP contribution in [0.15, 0.2) is 46.9 Å². The van der Waals surface area contributed by atoms with E-state index in [9.17, 15) is 4.79 Å². The van der Waals surface area contributed by atoms with Gasteiger partial charge in [-0.2, -0.15) is 0 Å². The molecular weight excluding hydrogens is 412 g/mol. The lowest BCUT2D eigenvalue weighted by molar-refractivity contribution is -0.126. The van der Waals surface area contributed by atoms with Gasteiger partial charge in [-0.25, -0.2) is 0 Å². The lowest BCUT2D eigenvalue weighted by Gasteiger charge is -2.36. The highest BCUT2D eigenvalue weighted by atomic mass is 16.5. The Morgan fingerprint density at radius 2 is 1.85 bits per heavy atom. The van der Waals surface area contributed by atoms with E-state index in [-0.39, 0.29) is 5.91 Å². The number of carbonyl (C=O) groups is 1. The summed E-state index contributed by atoms with van der Waals surface area (Å²) in [6.07, 6.45) is 6.20. The van der Waals surface area contributed by atoms with Crippen molar-refractivity contribution in [2.45, 2.75) is 39.5 Å². The van der Waals surface area contributed by atoms with Crippen LogP contribution >= 0.6 is 0 Å². The van der Waals surface area contributed by atoms with Crippen molar-refractivity contribution >= 4 is 28.1 Å². The van der Waals surface area contributed by atoms with Crippen molar-refractivity contribution in [1.29, 1.82) is 0 Å². The molecule has 1 aliphatic heterocycles. The van der Waals surface area contributed by atoms with E-state index in [1.165, 1.54) is 29.7 Å². The molecule has 0 N–H and O–H groups in total. The Morgan fingerprint density at radius 3 is 2.61 bits per heavy atom. The van der Waals surface area contributed by atoms with E-state index < -0.39 is 0 Å². The number of furan rings is 1. The van der Waals surface area contributed by atoms with Crippen LogP contribution in [0.5, 0.6) is 5.75 Å². The zero-order valence-electron chi connectivity index (χ0n) is 19.8. The Labute approximate surface area is 195 Å². The van der Waals surface area contributed by atoms with Gasteiger partial charge in [0.25, 0.3) is 0 Å². The molecule has 1 saturated heterocycles. The number of methoxy groups -OCH3 is 1. The fraction of sp³-hybridized carbons (Fsp3) is 0.393. The predicted molar refractivity (Wildman–Crippen MR) is 133 cm³/mol. The van der Waals surface area contributed by atoms with Crippen LogP contribution in [-0.2, 0) is 17.6 Å². The van der Waals surface area contributed by atoms with E-state index in [2.05, 4.69) is 42.2 Å². The summed E-state index contributed by atoms with van der Waals surface area (Å²) in [5.74, 6) is 1.92. The third-order valence-corrected chi connectivity index (χ3v) is 7.00. The summed E-state index contributed by atoms with van der Waals surface area (Å²) in [6, 6.07) is 12.7. The third-order valence-electron chi connectivity index (χ3n) is 7.00. The van der Waals surface area contributed by atoms with Gasteiger partial charge in [-0.05, 0) is 62.4 Å². The van der Waals surface area contributed by atoms with Crippen LogP contribution in [-0.4, -0.2) is 44.1 Å². The van der Waals surface area contributed by atoms with E-state index in [0.29, 0.717) is 0 Å². The summed E-state index contributed by atoms with van der Waals surface area (Å²) in [6.45, 7) is 7.25.